The van der Waals surface area contributed by atoms with Gasteiger partial charge in [-0.1, -0.05) is 27.7 Å². The summed E-state index contributed by atoms with van der Waals surface area (Å²) in [5.41, 5.74) is -0.346. The molecule has 1 N–H and O–H groups in total. The molecule has 0 amide bonds. The lowest BCUT2D eigenvalue weighted by atomic mass is 9.71. The number of rotatable bonds is 3. The lowest BCUT2D eigenvalue weighted by molar-refractivity contribution is -0.0409. The van der Waals surface area contributed by atoms with E-state index < -0.39 is 0 Å². The molecule has 2 unspecified atom stereocenters. The summed E-state index contributed by atoms with van der Waals surface area (Å²) in [6, 6.07) is 0. The molecule has 1 saturated carbocycles. The predicted octanol–water partition coefficient (Wildman–Crippen LogP) is 3.61. The fourth-order valence-electron chi connectivity index (χ4n) is 3.00. The Morgan fingerprint density at radius 2 is 1.71 bits per heavy atom. The van der Waals surface area contributed by atoms with Gasteiger partial charge in [-0.3, -0.25) is 0 Å². The molecule has 0 aromatic carbocycles. The van der Waals surface area contributed by atoms with Crippen molar-refractivity contribution in [3.63, 3.8) is 0 Å². The first-order valence-corrected chi connectivity index (χ1v) is 6.13. The van der Waals surface area contributed by atoms with Gasteiger partial charge in [0.05, 0.1) is 5.60 Å². The molecule has 1 heteroatoms. The molecule has 0 radical (unpaired) electrons. The molecular weight excluding hydrogens is 172 g/mol. The smallest absolute Gasteiger partial charge is 0.0653 e. The first kappa shape index (κ1) is 12.0. The molecular formula is C13H26O. The quantitative estimate of drug-likeness (QED) is 0.734. The summed E-state index contributed by atoms with van der Waals surface area (Å²) in [5.74, 6) is 2.12. The molecule has 84 valence electrons. The maximum atomic E-state index is 10.5. The second kappa shape index (κ2) is 4.65. The maximum absolute atomic E-state index is 10.5. The zero-order valence-electron chi connectivity index (χ0n) is 10.2. The van der Waals surface area contributed by atoms with Crippen LogP contribution in [0.15, 0.2) is 0 Å². The van der Waals surface area contributed by atoms with Crippen LogP contribution in [0.25, 0.3) is 0 Å². The van der Waals surface area contributed by atoms with Gasteiger partial charge in [-0.2, -0.15) is 0 Å². The number of hydrogen-bond acceptors (Lipinski definition) is 1. The summed E-state index contributed by atoms with van der Waals surface area (Å²) in [5, 5.41) is 10.5. The van der Waals surface area contributed by atoms with Crippen LogP contribution in [0.2, 0.25) is 0 Å². The third-order valence-electron chi connectivity index (χ3n) is 3.45. The average Bonchev–Trinajstić information content (AvgIpc) is 1.98. The average molecular weight is 198 g/mol. The van der Waals surface area contributed by atoms with Crippen molar-refractivity contribution in [1.82, 2.24) is 0 Å². The van der Waals surface area contributed by atoms with Crippen LogP contribution in [0.5, 0.6) is 0 Å². The number of aliphatic hydroxyl groups is 1. The fraction of sp³-hybridized carbons (Fsp3) is 1.00. The van der Waals surface area contributed by atoms with Crippen LogP contribution in [-0.2, 0) is 0 Å². The van der Waals surface area contributed by atoms with Gasteiger partial charge in [0.25, 0.3) is 0 Å². The monoisotopic (exact) mass is 198 g/mol. The molecule has 0 heterocycles. The van der Waals surface area contributed by atoms with Gasteiger partial charge in [0.1, 0.15) is 0 Å². The second-order valence-electron chi connectivity index (χ2n) is 6.01. The first-order chi connectivity index (χ1) is 6.41. The predicted molar refractivity (Wildman–Crippen MR) is 61.2 cm³/mol. The summed E-state index contributed by atoms with van der Waals surface area (Å²) < 4.78 is 0. The molecule has 0 saturated heterocycles. The summed E-state index contributed by atoms with van der Waals surface area (Å²) in [6.45, 7) is 9.02. The van der Waals surface area contributed by atoms with Crippen LogP contribution >= 0.6 is 0 Å². The van der Waals surface area contributed by atoms with Gasteiger partial charge in [0.15, 0.2) is 0 Å². The van der Waals surface area contributed by atoms with Crippen LogP contribution in [0, 0.1) is 17.8 Å². The molecule has 0 aromatic heterocycles. The molecule has 1 fully saturated rings. The normalized spacial score (nSPS) is 39.0. The van der Waals surface area contributed by atoms with E-state index in [4.69, 9.17) is 0 Å². The van der Waals surface area contributed by atoms with Gasteiger partial charge < -0.3 is 5.11 Å². The van der Waals surface area contributed by atoms with Gasteiger partial charge in [-0.15, -0.1) is 0 Å². The lowest BCUT2D eigenvalue weighted by Crippen LogP contribution is -2.38. The highest BCUT2D eigenvalue weighted by Crippen LogP contribution is 2.39. The van der Waals surface area contributed by atoms with Crippen molar-refractivity contribution in [1.29, 1.82) is 0 Å². The van der Waals surface area contributed by atoms with Crippen LogP contribution in [0.1, 0.15) is 59.8 Å². The van der Waals surface area contributed by atoms with E-state index in [1.165, 1.54) is 6.42 Å². The molecule has 1 rings (SSSR count). The molecule has 1 aliphatic carbocycles. The van der Waals surface area contributed by atoms with Crippen LogP contribution < -0.4 is 0 Å². The van der Waals surface area contributed by atoms with E-state index in [9.17, 15) is 5.11 Å². The van der Waals surface area contributed by atoms with Gasteiger partial charge >= 0.3 is 0 Å². The van der Waals surface area contributed by atoms with E-state index in [1.807, 2.05) is 0 Å². The number of hydrogen-bond donors (Lipinski definition) is 1. The second-order valence-corrected chi connectivity index (χ2v) is 6.01. The summed E-state index contributed by atoms with van der Waals surface area (Å²) in [4.78, 5) is 0. The largest absolute Gasteiger partial charge is 0.390 e. The van der Waals surface area contributed by atoms with Crippen LogP contribution in [0.3, 0.4) is 0 Å². The minimum atomic E-state index is -0.346. The summed E-state index contributed by atoms with van der Waals surface area (Å²) >= 11 is 0. The highest BCUT2D eigenvalue weighted by Gasteiger charge is 2.35. The molecule has 2 atom stereocenters. The third-order valence-corrected chi connectivity index (χ3v) is 3.45. The van der Waals surface area contributed by atoms with E-state index in [0.717, 1.165) is 25.7 Å². The molecule has 0 aromatic rings. The van der Waals surface area contributed by atoms with E-state index >= 15 is 0 Å². The minimum absolute atomic E-state index is 0.346. The Bertz CT molecular complexity index is 164. The van der Waals surface area contributed by atoms with E-state index in [0.29, 0.717) is 17.8 Å². The summed E-state index contributed by atoms with van der Waals surface area (Å²) in [6.07, 6.45) is 5.49. The van der Waals surface area contributed by atoms with Crippen molar-refractivity contribution >= 4 is 0 Å². The Labute approximate surface area is 88.9 Å². The molecule has 0 bridgehead atoms. The van der Waals surface area contributed by atoms with Gasteiger partial charge in [-0.05, 0) is 49.9 Å². The Morgan fingerprint density at radius 1 is 1.21 bits per heavy atom. The van der Waals surface area contributed by atoms with E-state index in [2.05, 4.69) is 27.7 Å². The zero-order valence-corrected chi connectivity index (χ0v) is 10.2. The van der Waals surface area contributed by atoms with Crippen LogP contribution in [-0.4, -0.2) is 10.7 Å². The van der Waals surface area contributed by atoms with Crippen molar-refractivity contribution in [3.05, 3.63) is 0 Å². The highest BCUT2D eigenvalue weighted by atomic mass is 16.3. The SMILES string of the molecule is CC(C)CCC1(O)CC(C)CC(C)C1. The van der Waals surface area contributed by atoms with Crippen molar-refractivity contribution < 1.29 is 5.11 Å². The van der Waals surface area contributed by atoms with Crippen molar-refractivity contribution in [2.45, 2.75) is 65.4 Å². The summed E-state index contributed by atoms with van der Waals surface area (Å²) in [7, 11) is 0. The standard InChI is InChI=1S/C13H26O/c1-10(2)5-6-13(14)8-11(3)7-12(4)9-13/h10-12,14H,5-9H2,1-4H3. The Balaban J connectivity index is 2.46. The Morgan fingerprint density at radius 3 is 2.14 bits per heavy atom. The Hall–Kier alpha value is -0.0400. The lowest BCUT2D eigenvalue weighted by Gasteiger charge is -2.39. The maximum Gasteiger partial charge on any atom is 0.0653 e. The minimum Gasteiger partial charge on any atom is -0.390 e. The van der Waals surface area contributed by atoms with E-state index in [1.54, 1.807) is 0 Å². The third kappa shape index (κ3) is 3.61. The highest BCUT2D eigenvalue weighted by molar-refractivity contribution is 4.87. The van der Waals surface area contributed by atoms with Crippen LogP contribution in [0.4, 0.5) is 0 Å². The first-order valence-electron chi connectivity index (χ1n) is 6.13. The van der Waals surface area contributed by atoms with Crippen molar-refractivity contribution in [2.24, 2.45) is 17.8 Å². The van der Waals surface area contributed by atoms with E-state index in [-0.39, 0.29) is 5.60 Å². The Kier molecular flexibility index (Phi) is 4.00. The molecule has 1 aliphatic rings. The molecule has 0 aliphatic heterocycles. The van der Waals surface area contributed by atoms with Gasteiger partial charge in [-0.25, -0.2) is 0 Å². The molecule has 14 heavy (non-hydrogen) atoms. The topological polar surface area (TPSA) is 20.2 Å². The fourth-order valence-corrected chi connectivity index (χ4v) is 3.00. The molecule has 1 nitrogen and oxygen atoms in total. The molecule has 0 spiro atoms. The zero-order chi connectivity index (χ0) is 10.8. The van der Waals surface area contributed by atoms with Gasteiger partial charge in [0, 0.05) is 0 Å². The van der Waals surface area contributed by atoms with Crippen molar-refractivity contribution in [3.8, 4) is 0 Å². The van der Waals surface area contributed by atoms with Gasteiger partial charge in [0.2, 0.25) is 0 Å². The van der Waals surface area contributed by atoms with Crippen molar-refractivity contribution in [2.75, 3.05) is 0 Å².